The number of hydrogen-bond donors (Lipinski definition) is 1. The minimum Gasteiger partial charge on any atom is -0.408 e. The molecule has 1 saturated heterocycles. The Balaban J connectivity index is 1.34. The highest BCUT2D eigenvalue weighted by atomic mass is 16.6. The fourth-order valence-electron chi connectivity index (χ4n) is 3.26. The normalized spacial score (nSPS) is 13.8. The summed E-state index contributed by atoms with van der Waals surface area (Å²) in [4.78, 5) is 31.3. The number of hydrogen-bond acceptors (Lipinski definition) is 6. The smallest absolute Gasteiger partial charge is 0.408 e. The number of anilines is 2. The number of nitrogens with zero attached hydrogens (tertiary/aromatic N) is 3. The molecular weight excluding hydrogens is 408 g/mol. The number of benzene rings is 1. The predicted molar refractivity (Wildman–Crippen MR) is 122 cm³/mol. The van der Waals surface area contributed by atoms with E-state index in [-0.39, 0.29) is 5.78 Å². The maximum Gasteiger partial charge on any atom is 0.417 e. The van der Waals surface area contributed by atoms with Gasteiger partial charge in [-0.2, -0.15) is 0 Å². The van der Waals surface area contributed by atoms with E-state index in [9.17, 15) is 9.59 Å². The van der Waals surface area contributed by atoms with Crippen LogP contribution < -0.4 is 15.0 Å². The van der Waals surface area contributed by atoms with Gasteiger partial charge in [0.15, 0.2) is 5.78 Å². The predicted octanol–water partition coefficient (Wildman–Crippen LogP) is 3.76. The lowest BCUT2D eigenvalue weighted by Gasteiger charge is -2.27. The van der Waals surface area contributed by atoms with Gasteiger partial charge >= 0.3 is 6.09 Å². The van der Waals surface area contributed by atoms with Crippen LogP contribution in [0.25, 0.3) is 6.08 Å². The van der Waals surface area contributed by atoms with Gasteiger partial charge in [0.25, 0.3) is 0 Å². The second kappa shape index (κ2) is 9.93. The van der Waals surface area contributed by atoms with Gasteiger partial charge in [-0.3, -0.25) is 10.1 Å². The Bertz CT molecular complexity index is 1120. The van der Waals surface area contributed by atoms with Crippen molar-refractivity contribution in [2.75, 3.05) is 36.5 Å². The molecule has 0 saturated carbocycles. The molecule has 1 fully saturated rings. The molecular formula is C24H24N4O4. The van der Waals surface area contributed by atoms with E-state index in [1.807, 2.05) is 25.2 Å². The van der Waals surface area contributed by atoms with Crippen molar-refractivity contribution in [2.24, 2.45) is 7.05 Å². The monoisotopic (exact) mass is 432 g/mol. The molecule has 1 aliphatic heterocycles. The summed E-state index contributed by atoms with van der Waals surface area (Å²) in [6.07, 6.45) is 6.08. The molecule has 0 radical (unpaired) electrons. The van der Waals surface area contributed by atoms with Crippen molar-refractivity contribution in [2.45, 2.75) is 0 Å². The third-order valence-corrected chi connectivity index (χ3v) is 4.93. The molecule has 8 heteroatoms. The molecule has 0 spiro atoms. The first-order chi connectivity index (χ1) is 15.6. The topological polar surface area (TPSA) is 85.7 Å². The number of rotatable bonds is 6. The molecule has 1 aliphatic rings. The van der Waals surface area contributed by atoms with Crippen LogP contribution in [0, 0.1) is 0 Å². The van der Waals surface area contributed by atoms with Crippen LogP contribution >= 0.6 is 0 Å². The van der Waals surface area contributed by atoms with Crippen molar-refractivity contribution in [3.8, 4) is 5.75 Å². The van der Waals surface area contributed by atoms with E-state index in [4.69, 9.17) is 9.47 Å². The first kappa shape index (κ1) is 21.3. The number of aromatic nitrogens is 2. The summed E-state index contributed by atoms with van der Waals surface area (Å²) in [6.45, 7) is 2.99. The van der Waals surface area contributed by atoms with Crippen molar-refractivity contribution in [3.63, 3.8) is 0 Å². The first-order valence-corrected chi connectivity index (χ1v) is 10.3. The molecule has 0 bridgehead atoms. The SMILES string of the molecule is Cn1ccc(OC(=O)Nc2ccc(C(=O)/C=C/c3cccc(N4CCOCC4)n3)cc2)c1. The molecule has 2 aromatic heterocycles. The summed E-state index contributed by atoms with van der Waals surface area (Å²) in [6, 6.07) is 14.1. The average molecular weight is 432 g/mol. The largest absolute Gasteiger partial charge is 0.417 e. The third-order valence-electron chi connectivity index (χ3n) is 4.93. The molecule has 4 rings (SSSR count). The van der Waals surface area contributed by atoms with E-state index in [0.717, 1.165) is 18.9 Å². The van der Waals surface area contributed by atoms with Gasteiger partial charge in [-0.15, -0.1) is 0 Å². The summed E-state index contributed by atoms with van der Waals surface area (Å²) in [5.41, 5.74) is 1.75. The summed E-state index contributed by atoms with van der Waals surface area (Å²) in [7, 11) is 1.84. The van der Waals surface area contributed by atoms with Crippen LogP contribution in [-0.2, 0) is 11.8 Å². The lowest BCUT2D eigenvalue weighted by Crippen LogP contribution is -2.36. The zero-order valence-electron chi connectivity index (χ0n) is 17.7. The summed E-state index contributed by atoms with van der Waals surface area (Å²) in [5, 5.41) is 2.64. The highest BCUT2D eigenvalue weighted by molar-refractivity contribution is 6.07. The second-order valence-corrected chi connectivity index (χ2v) is 7.32. The van der Waals surface area contributed by atoms with Crippen LogP contribution in [0.1, 0.15) is 16.1 Å². The van der Waals surface area contributed by atoms with Crippen molar-refractivity contribution < 1.29 is 19.1 Å². The van der Waals surface area contributed by atoms with E-state index in [2.05, 4.69) is 15.2 Å². The van der Waals surface area contributed by atoms with E-state index in [0.29, 0.717) is 35.9 Å². The van der Waals surface area contributed by atoms with Gasteiger partial charge in [-0.05, 0) is 54.6 Å². The molecule has 1 amide bonds. The highest BCUT2D eigenvalue weighted by Gasteiger charge is 2.12. The Labute approximate surface area is 186 Å². The fraction of sp³-hybridized carbons (Fsp3) is 0.208. The van der Waals surface area contributed by atoms with Crippen LogP contribution in [0.5, 0.6) is 5.75 Å². The van der Waals surface area contributed by atoms with Gasteiger partial charge in [0, 0.05) is 43.8 Å². The number of pyridine rings is 1. The van der Waals surface area contributed by atoms with Crippen molar-refractivity contribution in [3.05, 3.63) is 78.3 Å². The molecule has 164 valence electrons. The Hall–Kier alpha value is -3.91. The average Bonchev–Trinajstić information content (AvgIpc) is 3.23. The number of carbonyl (C=O) groups is 2. The molecule has 32 heavy (non-hydrogen) atoms. The van der Waals surface area contributed by atoms with E-state index < -0.39 is 6.09 Å². The number of ether oxygens (including phenoxy) is 2. The van der Waals surface area contributed by atoms with Crippen LogP contribution in [0.3, 0.4) is 0 Å². The maximum atomic E-state index is 12.5. The van der Waals surface area contributed by atoms with Crippen LogP contribution in [0.4, 0.5) is 16.3 Å². The second-order valence-electron chi connectivity index (χ2n) is 7.32. The molecule has 3 aromatic rings. The zero-order valence-corrected chi connectivity index (χ0v) is 17.7. The summed E-state index contributed by atoms with van der Waals surface area (Å²) in [5.74, 6) is 1.18. The first-order valence-electron chi connectivity index (χ1n) is 10.3. The highest BCUT2D eigenvalue weighted by Crippen LogP contribution is 2.16. The number of allylic oxidation sites excluding steroid dienone is 1. The molecule has 0 unspecified atom stereocenters. The van der Waals surface area contributed by atoms with Gasteiger partial charge < -0.3 is 18.9 Å². The van der Waals surface area contributed by atoms with E-state index >= 15 is 0 Å². The number of nitrogens with one attached hydrogen (secondary N) is 1. The Kier molecular flexibility index (Phi) is 6.62. The molecule has 0 atom stereocenters. The molecule has 8 nitrogen and oxygen atoms in total. The summed E-state index contributed by atoms with van der Waals surface area (Å²) >= 11 is 0. The minimum absolute atomic E-state index is 0.151. The van der Waals surface area contributed by atoms with Crippen LogP contribution in [-0.4, -0.2) is 47.7 Å². The quantitative estimate of drug-likeness (QED) is 0.472. The van der Waals surface area contributed by atoms with Crippen molar-refractivity contribution in [1.82, 2.24) is 9.55 Å². The Morgan fingerprint density at radius 3 is 2.59 bits per heavy atom. The number of aryl methyl sites for hydroxylation is 1. The molecule has 1 aromatic carbocycles. The molecule has 1 N–H and O–H groups in total. The lowest BCUT2D eigenvalue weighted by molar-refractivity contribution is 0.104. The van der Waals surface area contributed by atoms with Gasteiger partial charge in [0.2, 0.25) is 0 Å². The standard InChI is InChI=1S/C24H24N4O4/c1-27-12-11-21(17-27)32-24(30)26-20-7-5-18(6-8-20)22(29)10-9-19-3-2-4-23(25-19)28-13-15-31-16-14-28/h2-12,17H,13-16H2,1H3,(H,26,30)/b10-9+. The lowest BCUT2D eigenvalue weighted by atomic mass is 10.1. The van der Waals surface area contributed by atoms with Gasteiger partial charge in [-0.1, -0.05) is 6.07 Å². The third kappa shape index (κ3) is 5.61. The Morgan fingerprint density at radius 1 is 1.09 bits per heavy atom. The zero-order chi connectivity index (χ0) is 22.3. The van der Waals surface area contributed by atoms with Crippen molar-refractivity contribution in [1.29, 1.82) is 0 Å². The number of morpholine rings is 1. The number of ketones is 1. The number of amides is 1. The number of carbonyl (C=O) groups excluding carboxylic acids is 2. The molecule has 3 heterocycles. The Morgan fingerprint density at radius 2 is 1.88 bits per heavy atom. The van der Waals surface area contributed by atoms with Crippen LogP contribution in [0.15, 0.2) is 67.0 Å². The maximum absolute atomic E-state index is 12.5. The van der Waals surface area contributed by atoms with E-state index in [1.54, 1.807) is 53.4 Å². The van der Waals surface area contributed by atoms with Gasteiger partial charge in [-0.25, -0.2) is 9.78 Å². The van der Waals surface area contributed by atoms with Gasteiger partial charge in [0.05, 0.1) is 18.9 Å². The summed E-state index contributed by atoms with van der Waals surface area (Å²) < 4.78 is 12.4. The minimum atomic E-state index is -0.596. The van der Waals surface area contributed by atoms with Gasteiger partial charge in [0.1, 0.15) is 11.6 Å². The van der Waals surface area contributed by atoms with Crippen molar-refractivity contribution >= 4 is 29.5 Å². The molecule has 0 aliphatic carbocycles. The fourth-order valence-corrected chi connectivity index (χ4v) is 3.26. The van der Waals surface area contributed by atoms with E-state index in [1.165, 1.54) is 6.08 Å². The van der Waals surface area contributed by atoms with Crippen LogP contribution in [0.2, 0.25) is 0 Å².